The Balaban J connectivity index is 1.29. The topological polar surface area (TPSA) is 52.6 Å². The van der Waals surface area contributed by atoms with Crippen molar-refractivity contribution in [2.45, 2.75) is 63.8 Å². The second kappa shape index (κ2) is 11.7. The molecule has 1 amide bonds. The number of piperidine rings is 1. The number of aliphatic hydroxyl groups excluding tert-OH is 1. The molecule has 2 aliphatic rings. The minimum Gasteiger partial charge on any atom is -0.387 e. The van der Waals surface area contributed by atoms with Crippen LogP contribution in [0.1, 0.15) is 56.9 Å². The van der Waals surface area contributed by atoms with Crippen LogP contribution in [0.5, 0.6) is 0 Å². The fraction of sp³-hybridized carbons (Fsp3) is 0.696. The molecule has 1 aromatic carbocycles. The van der Waals surface area contributed by atoms with Gasteiger partial charge in [0.25, 0.3) is 0 Å². The number of likely N-dealkylation sites (tertiary alicyclic amines) is 1. The van der Waals surface area contributed by atoms with Gasteiger partial charge < -0.3 is 15.3 Å². The molecule has 0 unspecified atom stereocenters. The molecule has 1 aliphatic heterocycles. The molecule has 1 saturated carbocycles. The molecular weight excluding hydrogens is 452 g/mol. The second-order valence-corrected chi connectivity index (χ2v) is 10.1. The summed E-state index contributed by atoms with van der Waals surface area (Å²) in [5.74, 6) is 1.32. The van der Waals surface area contributed by atoms with Crippen molar-refractivity contribution < 1.29 is 9.90 Å². The predicted molar refractivity (Wildman–Crippen MR) is 122 cm³/mol. The van der Waals surface area contributed by atoms with Crippen molar-refractivity contribution in [3.05, 3.63) is 33.3 Å². The largest absolute Gasteiger partial charge is 0.387 e. The van der Waals surface area contributed by atoms with Crippen LogP contribution in [-0.4, -0.2) is 48.2 Å². The molecule has 0 radical (unpaired) electrons. The summed E-state index contributed by atoms with van der Waals surface area (Å²) in [6.07, 6.45) is 10.8. The Morgan fingerprint density at radius 1 is 1.14 bits per heavy atom. The molecule has 1 saturated heterocycles. The molecule has 1 aromatic rings. The Morgan fingerprint density at radius 2 is 1.86 bits per heavy atom. The minimum atomic E-state index is -0.396. The first-order valence-corrected chi connectivity index (χ1v) is 12.3. The molecule has 1 aliphatic carbocycles. The zero-order valence-electron chi connectivity index (χ0n) is 17.2. The van der Waals surface area contributed by atoms with Gasteiger partial charge in [0.05, 0.1) is 0 Å². The first kappa shape index (κ1) is 23.1. The number of carbonyl (C=O) groups excluding carboxylic acids is 1. The van der Waals surface area contributed by atoms with Crippen LogP contribution in [0, 0.1) is 11.8 Å². The Hall–Kier alpha value is -0.620. The van der Waals surface area contributed by atoms with E-state index in [2.05, 4.69) is 38.3 Å². The highest BCUT2D eigenvalue weighted by Crippen LogP contribution is 2.30. The van der Waals surface area contributed by atoms with Crippen LogP contribution in [0.3, 0.4) is 0 Å². The Kier molecular flexibility index (Phi) is 9.29. The van der Waals surface area contributed by atoms with E-state index in [0.717, 1.165) is 36.1 Å². The fourth-order valence-electron chi connectivity index (χ4n) is 4.90. The van der Waals surface area contributed by atoms with Gasteiger partial charge in [0.15, 0.2) is 0 Å². The van der Waals surface area contributed by atoms with Gasteiger partial charge in [-0.15, -0.1) is 0 Å². The highest BCUT2D eigenvalue weighted by Gasteiger charge is 2.23. The molecule has 4 nitrogen and oxygen atoms in total. The Labute approximate surface area is 188 Å². The van der Waals surface area contributed by atoms with Crippen LogP contribution in [0.25, 0.3) is 0 Å². The SMILES string of the molecule is O=C(CO)NC1CCC(CCCN2CCC(Cc3cc(Cl)ccc3Br)CC2)CC1. The summed E-state index contributed by atoms with van der Waals surface area (Å²) in [4.78, 5) is 13.9. The molecule has 6 heteroatoms. The summed E-state index contributed by atoms with van der Waals surface area (Å²) in [5.41, 5.74) is 1.33. The molecule has 2 N–H and O–H groups in total. The zero-order valence-corrected chi connectivity index (χ0v) is 19.6. The van der Waals surface area contributed by atoms with Crippen LogP contribution in [0.15, 0.2) is 22.7 Å². The first-order valence-electron chi connectivity index (χ1n) is 11.1. The number of nitrogens with one attached hydrogen (secondary N) is 1. The third-order valence-electron chi connectivity index (χ3n) is 6.67. The standard InChI is InChI=1S/C23H34BrClN2O2/c24-22-8-5-20(25)15-19(22)14-18-9-12-27(13-10-18)11-1-2-17-3-6-21(7-4-17)26-23(29)16-28/h5,8,15,17-18,21,28H,1-4,6-7,9-14,16H2,(H,26,29). The van der Waals surface area contributed by atoms with Crippen molar-refractivity contribution in [1.29, 1.82) is 0 Å². The molecule has 162 valence electrons. The van der Waals surface area contributed by atoms with Crippen molar-refractivity contribution in [2.24, 2.45) is 11.8 Å². The lowest BCUT2D eigenvalue weighted by atomic mass is 9.83. The van der Waals surface area contributed by atoms with Gasteiger partial charge in [-0.3, -0.25) is 4.79 Å². The summed E-state index contributed by atoms with van der Waals surface area (Å²) in [6, 6.07) is 6.36. The smallest absolute Gasteiger partial charge is 0.245 e. The van der Waals surface area contributed by atoms with Gasteiger partial charge in [-0.25, -0.2) is 0 Å². The van der Waals surface area contributed by atoms with E-state index in [9.17, 15) is 4.79 Å². The van der Waals surface area contributed by atoms with Gasteiger partial charge >= 0.3 is 0 Å². The van der Waals surface area contributed by atoms with Crippen molar-refractivity contribution in [3.63, 3.8) is 0 Å². The fourth-order valence-corrected chi connectivity index (χ4v) is 5.50. The molecule has 3 rings (SSSR count). The van der Waals surface area contributed by atoms with E-state index in [4.69, 9.17) is 16.7 Å². The quantitative estimate of drug-likeness (QED) is 0.556. The molecule has 1 heterocycles. The van der Waals surface area contributed by atoms with Gasteiger partial charge in [-0.05, 0) is 113 Å². The monoisotopic (exact) mass is 484 g/mol. The summed E-state index contributed by atoms with van der Waals surface area (Å²) in [5, 5.41) is 12.6. The van der Waals surface area contributed by atoms with Crippen LogP contribution in [-0.2, 0) is 11.2 Å². The van der Waals surface area contributed by atoms with Crippen LogP contribution in [0.2, 0.25) is 5.02 Å². The number of aliphatic hydroxyl groups is 1. The average molecular weight is 486 g/mol. The molecule has 2 fully saturated rings. The molecule has 0 spiro atoms. The summed E-state index contributed by atoms with van der Waals surface area (Å²) < 4.78 is 1.18. The highest BCUT2D eigenvalue weighted by molar-refractivity contribution is 9.10. The van der Waals surface area contributed by atoms with Crippen LogP contribution >= 0.6 is 27.5 Å². The third kappa shape index (κ3) is 7.54. The average Bonchev–Trinajstić information content (AvgIpc) is 2.73. The van der Waals surface area contributed by atoms with Crippen LogP contribution < -0.4 is 5.32 Å². The number of rotatable bonds is 8. The maximum atomic E-state index is 11.3. The number of halogens is 2. The molecule has 0 aromatic heterocycles. The molecule has 29 heavy (non-hydrogen) atoms. The number of benzene rings is 1. The highest BCUT2D eigenvalue weighted by atomic mass is 79.9. The van der Waals surface area contributed by atoms with Crippen molar-refractivity contribution in [2.75, 3.05) is 26.2 Å². The van der Waals surface area contributed by atoms with Gasteiger partial charge in [-0.1, -0.05) is 27.5 Å². The maximum absolute atomic E-state index is 11.3. The normalized spacial score (nSPS) is 23.8. The number of carbonyl (C=O) groups is 1. The third-order valence-corrected chi connectivity index (χ3v) is 7.67. The van der Waals surface area contributed by atoms with Gasteiger partial charge in [0, 0.05) is 15.5 Å². The zero-order chi connectivity index (χ0) is 20.6. The van der Waals surface area contributed by atoms with Gasteiger partial charge in [0.1, 0.15) is 6.61 Å². The van der Waals surface area contributed by atoms with E-state index in [0.29, 0.717) is 0 Å². The number of nitrogens with zero attached hydrogens (tertiary/aromatic N) is 1. The molecular formula is C23H34BrClN2O2. The van der Waals surface area contributed by atoms with E-state index in [1.807, 2.05) is 6.07 Å². The van der Waals surface area contributed by atoms with Crippen molar-refractivity contribution >= 4 is 33.4 Å². The van der Waals surface area contributed by atoms with Crippen molar-refractivity contribution in [1.82, 2.24) is 10.2 Å². The van der Waals surface area contributed by atoms with Crippen LogP contribution in [0.4, 0.5) is 0 Å². The first-order chi connectivity index (χ1) is 14.0. The van der Waals surface area contributed by atoms with E-state index >= 15 is 0 Å². The number of amides is 1. The number of hydrogen-bond donors (Lipinski definition) is 2. The lowest BCUT2D eigenvalue weighted by molar-refractivity contribution is -0.124. The lowest BCUT2D eigenvalue weighted by Crippen LogP contribution is -2.39. The van der Waals surface area contributed by atoms with Gasteiger partial charge in [-0.2, -0.15) is 0 Å². The van der Waals surface area contributed by atoms with E-state index in [1.165, 1.54) is 68.2 Å². The molecule has 0 atom stereocenters. The van der Waals surface area contributed by atoms with Crippen molar-refractivity contribution in [3.8, 4) is 0 Å². The summed E-state index contributed by atoms with van der Waals surface area (Å²) in [7, 11) is 0. The number of hydrogen-bond acceptors (Lipinski definition) is 3. The predicted octanol–water partition coefficient (Wildman–Crippen LogP) is 4.80. The van der Waals surface area contributed by atoms with E-state index in [-0.39, 0.29) is 11.9 Å². The minimum absolute atomic E-state index is 0.237. The van der Waals surface area contributed by atoms with Gasteiger partial charge in [0.2, 0.25) is 5.91 Å². The summed E-state index contributed by atoms with van der Waals surface area (Å²) >= 11 is 9.82. The summed E-state index contributed by atoms with van der Waals surface area (Å²) in [6.45, 7) is 3.24. The van der Waals surface area contributed by atoms with E-state index in [1.54, 1.807) is 0 Å². The Morgan fingerprint density at radius 3 is 2.55 bits per heavy atom. The van der Waals surface area contributed by atoms with E-state index < -0.39 is 6.61 Å². The maximum Gasteiger partial charge on any atom is 0.245 e. The lowest BCUT2D eigenvalue weighted by Gasteiger charge is -2.33. The molecule has 0 bridgehead atoms. The Bertz CT molecular complexity index is 656. The second-order valence-electron chi connectivity index (χ2n) is 8.81.